The highest BCUT2D eigenvalue weighted by atomic mass is 79.9. The zero-order chi connectivity index (χ0) is 13.7. The molecule has 0 amide bonds. The number of hydrogen-bond donors (Lipinski definition) is 1. The van der Waals surface area contributed by atoms with E-state index in [1.807, 2.05) is 49.4 Å². The molecule has 0 spiro atoms. The highest BCUT2D eigenvalue weighted by Crippen LogP contribution is 2.26. The van der Waals surface area contributed by atoms with E-state index in [2.05, 4.69) is 21.2 Å². The van der Waals surface area contributed by atoms with Gasteiger partial charge < -0.3 is 10.1 Å². The van der Waals surface area contributed by atoms with Crippen molar-refractivity contribution in [3.05, 3.63) is 57.5 Å². The predicted molar refractivity (Wildman–Crippen MR) is 84.1 cm³/mol. The number of halogens is 2. The first kappa shape index (κ1) is 14.2. The fourth-order valence-corrected chi connectivity index (χ4v) is 2.49. The summed E-state index contributed by atoms with van der Waals surface area (Å²) in [6, 6.07) is 13.8. The van der Waals surface area contributed by atoms with Gasteiger partial charge >= 0.3 is 0 Å². The van der Waals surface area contributed by atoms with Crippen molar-refractivity contribution < 1.29 is 4.74 Å². The molecule has 0 aliphatic carbocycles. The van der Waals surface area contributed by atoms with Crippen molar-refractivity contribution in [2.45, 2.75) is 13.5 Å². The van der Waals surface area contributed by atoms with Crippen LogP contribution in [-0.4, -0.2) is 6.61 Å². The predicted octanol–water partition coefficient (Wildman–Crippen LogP) is 5.11. The van der Waals surface area contributed by atoms with Crippen LogP contribution in [0.2, 0.25) is 5.02 Å². The van der Waals surface area contributed by atoms with Gasteiger partial charge in [-0.05, 0) is 36.8 Å². The van der Waals surface area contributed by atoms with Gasteiger partial charge in [-0.3, -0.25) is 0 Å². The molecule has 0 bridgehead atoms. The van der Waals surface area contributed by atoms with E-state index in [0.29, 0.717) is 13.2 Å². The number of rotatable bonds is 5. The van der Waals surface area contributed by atoms with E-state index in [-0.39, 0.29) is 0 Å². The van der Waals surface area contributed by atoms with Crippen LogP contribution in [0.5, 0.6) is 5.75 Å². The maximum Gasteiger partial charge on any atom is 0.142 e. The minimum absolute atomic E-state index is 0.651. The van der Waals surface area contributed by atoms with Crippen LogP contribution in [0.1, 0.15) is 12.5 Å². The van der Waals surface area contributed by atoms with Crippen LogP contribution in [0.25, 0.3) is 0 Å². The number of ether oxygens (including phenoxy) is 1. The summed E-state index contributed by atoms with van der Waals surface area (Å²) < 4.78 is 6.55. The lowest BCUT2D eigenvalue weighted by Crippen LogP contribution is -2.03. The van der Waals surface area contributed by atoms with Crippen LogP contribution in [0.15, 0.2) is 46.9 Å². The van der Waals surface area contributed by atoms with Crippen molar-refractivity contribution >= 4 is 33.2 Å². The molecule has 0 fully saturated rings. The van der Waals surface area contributed by atoms with Gasteiger partial charge in [0.2, 0.25) is 0 Å². The molecule has 2 aromatic carbocycles. The summed E-state index contributed by atoms with van der Waals surface area (Å²) in [6.45, 7) is 3.29. The third-order valence-electron chi connectivity index (χ3n) is 2.67. The molecule has 0 aliphatic heterocycles. The zero-order valence-corrected chi connectivity index (χ0v) is 13.0. The molecule has 0 radical (unpaired) electrons. The van der Waals surface area contributed by atoms with E-state index < -0.39 is 0 Å². The molecule has 0 saturated carbocycles. The largest absolute Gasteiger partial charge is 0.492 e. The average molecular weight is 341 g/mol. The Balaban J connectivity index is 2.10. The van der Waals surface area contributed by atoms with Crippen molar-refractivity contribution in [3.8, 4) is 5.75 Å². The smallest absolute Gasteiger partial charge is 0.142 e. The zero-order valence-electron chi connectivity index (χ0n) is 10.6. The lowest BCUT2D eigenvalue weighted by atomic mass is 10.2. The lowest BCUT2D eigenvalue weighted by Gasteiger charge is -2.13. The molecular formula is C15H15BrClNO. The standard InChI is InChI=1S/C15H15BrClNO/c1-2-19-15-6-4-3-5-14(15)18-10-11-7-8-12(16)9-13(11)17/h3-9,18H,2,10H2,1H3. The van der Waals surface area contributed by atoms with Crippen LogP contribution in [0.4, 0.5) is 5.69 Å². The number of benzene rings is 2. The molecule has 0 heterocycles. The topological polar surface area (TPSA) is 21.3 Å². The van der Waals surface area contributed by atoms with E-state index in [1.165, 1.54) is 0 Å². The Bertz CT molecular complexity index is 560. The summed E-state index contributed by atoms with van der Waals surface area (Å²) >= 11 is 9.60. The Morgan fingerprint density at radius 2 is 2.00 bits per heavy atom. The molecule has 1 N–H and O–H groups in total. The van der Waals surface area contributed by atoms with Gasteiger partial charge in [0.25, 0.3) is 0 Å². The summed E-state index contributed by atoms with van der Waals surface area (Å²) in [4.78, 5) is 0. The molecular weight excluding hydrogens is 326 g/mol. The molecule has 0 saturated heterocycles. The van der Waals surface area contributed by atoms with Gasteiger partial charge in [-0.1, -0.05) is 45.7 Å². The van der Waals surface area contributed by atoms with Crippen molar-refractivity contribution in [3.63, 3.8) is 0 Å². The Morgan fingerprint density at radius 1 is 1.21 bits per heavy atom. The molecule has 0 atom stereocenters. The van der Waals surface area contributed by atoms with Crippen molar-refractivity contribution in [1.82, 2.24) is 0 Å². The number of anilines is 1. The van der Waals surface area contributed by atoms with Gasteiger partial charge in [0.15, 0.2) is 0 Å². The van der Waals surface area contributed by atoms with Gasteiger partial charge in [-0.15, -0.1) is 0 Å². The fraction of sp³-hybridized carbons (Fsp3) is 0.200. The Hall–Kier alpha value is -1.19. The van der Waals surface area contributed by atoms with Crippen LogP contribution >= 0.6 is 27.5 Å². The van der Waals surface area contributed by atoms with Crippen molar-refractivity contribution in [1.29, 1.82) is 0 Å². The molecule has 4 heteroatoms. The van der Waals surface area contributed by atoms with Gasteiger partial charge in [0.05, 0.1) is 12.3 Å². The Morgan fingerprint density at radius 3 is 2.74 bits per heavy atom. The monoisotopic (exact) mass is 339 g/mol. The maximum atomic E-state index is 6.20. The minimum atomic E-state index is 0.651. The first-order valence-electron chi connectivity index (χ1n) is 6.10. The minimum Gasteiger partial charge on any atom is -0.492 e. The molecule has 0 aliphatic rings. The fourth-order valence-electron chi connectivity index (χ4n) is 1.75. The lowest BCUT2D eigenvalue weighted by molar-refractivity contribution is 0.341. The van der Waals surface area contributed by atoms with Crippen LogP contribution in [-0.2, 0) is 6.54 Å². The molecule has 0 unspecified atom stereocenters. The molecule has 100 valence electrons. The van der Waals surface area contributed by atoms with Crippen LogP contribution in [0, 0.1) is 0 Å². The summed E-state index contributed by atoms with van der Waals surface area (Å²) in [6.07, 6.45) is 0. The third-order valence-corrected chi connectivity index (χ3v) is 3.52. The van der Waals surface area contributed by atoms with Gasteiger partial charge in [-0.25, -0.2) is 0 Å². The summed E-state index contributed by atoms with van der Waals surface area (Å²) in [5, 5.41) is 4.10. The van der Waals surface area contributed by atoms with E-state index in [1.54, 1.807) is 0 Å². The molecule has 2 rings (SSSR count). The normalized spacial score (nSPS) is 10.3. The second kappa shape index (κ2) is 6.83. The quantitative estimate of drug-likeness (QED) is 0.816. The van der Waals surface area contributed by atoms with Gasteiger partial charge in [0.1, 0.15) is 5.75 Å². The van der Waals surface area contributed by atoms with Crippen molar-refractivity contribution in [2.75, 3.05) is 11.9 Å². The van der Waals surface area contributed by atoms with Crippen LogP contribution < -0.4 is 10.1 Å². The third kappa shape index (κ3) is 3.88. The average Bonchev–Trinajstić information content (AvgIpc) is 2.40. The van der Waals surface area contributed by atoms with E-state index in [4.69, 9.17) is 16.3 Å². The molecule has 0 aromatic heterocycles. The molecule has 2 aromatic rings. The second-order valence-corrected chi connectivity index (χ2v) is 5.34. The van der Waals surface area contributed by atoms with E-state index in [9.17, 15) is 0 Å². The molecule has 2 nitrogen and oxygen atoms in total. The summed E-state index contributed by atoms with van der Waals surface area (Å²) in [7, 11) is 0. The maximum absolute atomic E-state index is 6.20. The van der Waals surface area contributed by atoms with Crippen molar-refractivity contribution in [2.24, 2.45) is 0 Å². The number of para-hydroxylation sites is 2. The summed E-state index contributed by atoms with van der Waals surface area (Å²) in [5.41, 5.74) is 2.03. The summed E-state index contributed by atoms with van der Waals surface area (Å²) in [5.74, 6) is 0.859. The first-order chi connectivity index (χ1) is 9.20. The van der Waals surface area contributed by atoms with E-state index >= 15 is 0 Å². The second-order valence-electron chi connectivity index (χ2n) is 4.02. The van der Waals surface area contributed by atoms with E-state index in [0.717, 1.165) is 26.5 Å². The number of hydrogen-bond acceptors (Lipinski definition) is 2. The highest BCUT2D eigenvalue weighted by Gasteiger charge is 2.04. The van der Waals surface area contributed by atoms with Crippen LogP contribution in [0.3, 0.4) is 0 Å². The molecule has 19 heavy (non-hydrogen) atoms. The van der Waals surface area contributed by atoms with Gasteiger partial charge in [0, 0.05) is 16.0 Å². The Labute approximate surface area is 126 Å². The van der Waals surface area contributed by atoms with Gasteiger partial charge in [-0.2, -0.15) is 0 Å². The first-order valence-corrected chi connectivity index (χ1v) is 7.27. The Kier molecular flexibility index (Phi) is 5.11. The number of nitrogens with one attached hydrogen (secondary N) is 1. The SMILES string of the molecule is CCOc1ccccc1NCc1ccc(Br)cc1Cl. The highest BCUT2D eigenvalue weighted by molar-refractivity contribution is 9.10.